The van der Waals surface area contributed by atoms with Crippen LogP contribution in [-0.4, -0.2) is 37.9 Å². The van der Waals surface area contributed by atoms with Crippen LogP contribution in [0.15, 0.2) is 36.7 Å². The fraction of sp³-hybridized carbons (Fsp3) is 0.429. The van der Waals surface area contributed by atoms with Crippen LogP contribution in [0.4, 0.5) is 24.5 Å². The number of alkyl halides is 2. The molecule has 11 heteroatoms. The lowest BCUT2D eigenvalue weighted by Gasteiger charge is -2.23. The van der Waals surface area contributed by atoms with Crippen LogP contribution in [0.2, 0.25) is 5.02 Å². The molecule has 0 spiro atoms. The molecular formula is C28H31ClF3N7. The van der Waals surface area contributed by atoms with E-state index in [4.69, 9.17) is 11.6 Å². The van der Waals surface area contributed by atoms with Crippen molar-refractivity contribution in [2.45, 2.75) is 65.5 Å². The highest BCUT2D eigenvalue weighted by molar-refractivity contribution is 6.35. The Morgan fingerprint density at radius 1 is 1.15 bits per heavy atom. The number of hydrogen-bond donors (Lipinski definition) is 2. The first kappa shape index (κ1) is 27.2. The van der Waals surface area contributed by atoms with Gasteiger partial charge in [-0.25, -0.2) is 18.4 Å². The summed E-state index contributed by atoms with van der Waals surface area (Å²) in [4.78, 5) is 8.52. The summed E-state index contributed by atoms with van der Waals surface area (Å²) in [7, 11) is 0. The Hall–Kier alpha value is -3.40. The molecule has 7 nitrogen and oxygen atoms in total. The molecule has 4 aromatic rings. The van der Waals surface area contributed by atoms with Gasteiger partial charge < -0.3 is 10.6 Å². The number of pyridine rings is 2. The van der Waals surface area contributed by atoms with Gasteiger partial charge in [0.2, 0.25) is 5.95 Å². The van der Waals surface area contributed by atoms with Gasteiger partial charge in [0, 0.05) is 40.8 Å². The minimum Gasteiger partial charge on any atom is -0.384 e. The Bertz CT molecular complexity index is 1530. The van der Waals surface area contributed by atoms with E-state index in [2.05, 4.69) is 51.7 Å². The monoisotopic (exact) mass is 557 g/mol. The zero-order valence-corrected chi connectivity index (χ0v) is 23.2. The van der Waals surface area contributed by atoms with Gasteiger partial charge in [0.25, 0.3) is 6.43 Å². The zero-order chi connectivity index (χ0) is 28.1. The largest absolute Gasteiger partial charge is 0.384 e. The number of hydrogen-bond acceptors (Lipinski definition) is 6. The summed E-state index contributed by atoms with van der Waals surface area (Å²) >= 11 is 6.70. The van der Waals surface area contributed by atoms with Crippen molar-refractivity contribution in [3.05, 3.63) is 70.1 Å². The summed E-state index contributed by atoms with van der Waals surface area (Å²) in [5, 5.41) is 16.6. The maximum absolute atomic E-state index is 13.9. The summed E-state index contributed by atoms with van der Waals surface area (Å²) in [6.45, 7) is 10.9. The van der Waals surface area contributed by atoms with Gasteiger partial charge in [-0.2, -0.15) is 4.39 Å². The Balaban J connectivity index is 1.58. The van der Waals surface area contributed by atoms with Crippen molar-refractivity contribution in [2.75, 3.05) is 17.2 Å². The number of halogens is 4. The van der Waals surface area contributed by atoms with Crippen LogP contribution in [0.25, 0.3) is 10.9 Å². The molecule has 0 saturated heterocycles. The van der Waals surface area contributed by atoms with Crippen molar-refractivity contribution in [3.8, 4) is 0 Å². The van der Waals surface area contributed by atoms with Crippen LogP contribution >= 0.6 is 11.6 Å². The number of aryl methyl sites for hydroxylation is 2. The third-order valence-electron chi connectivity index (χ3n) is 7.06. The summed E-state index contributed by atoms with van der Waals surface area (Å²) < 4.78 is 42.7. The van der Waals surface area contributed by atoms with Crippen LogP contribution in [0, 0.1) is 25.2 Å². The number of nitrogens with zero attached hydrogens (tertiary/aromatic N) is 5. The van der Waals surface area contributed by atoms with E-state index in [0.717, 1.165) is 23.2 Å². The van der Waals surface area contributed by atoms with Gasteiger partial charge in [-0.15, -0.1) is 5.10 Å². The third-order valence-corrected chi connectivity index (χ3v) is 7.34. The molecule has 39 heavy (non-hydrogen) atoms. The van der Waals surface area contributed by atoms with E-state index in [9.17, 15) is 13.2 Å². The third kappa shape index (κ3) is 5.39. The summed E-state index contributed by atoms with van der Waals surface area (Å²) in [5.74, 6) is -0.613. The summed E-state index contributed by atoms with van der Waals surface area (Å²) in [5.41, 5.74) is 3.40. The molecule has 0 amide bonds. The number of nitrogens with one attached hydrogen (secondary N) is 2. The number of fused-ring (bicyclic) bond motifs is 1. The summed E-state index contributed by atoms with van der Waals surface area (Å²) in [6, 6.07) is 5.91. The first-order valence-corrected chi connectivity index (χ1v) is 13.2. The zero-order valence-electron chi connectivity index (χ0n) is 22.5. The topological polar surface area (TPSA) is 80.6 Å². The van der Waals surface area contributed by atoms with Gasteiger partial charge in [0.1, 0.15) is 11.2 Å². The molecule has 1 aliphatic rings. The van der Waals surface area contributed by atoms with Gasteiger partial charge in [-0.3, -0.25) is 4.98 Å². The molecule has 1 saturated carbocycles. The van der Waals surface area contributed by atoms with Gasteiger partial charge in [-0.1, -0.05) is 43.7 Å². The minimum absolute atomic E-state index is 0.0445. The molecule has 0 radical (unpaired) electrons. The van der Waals surface area contributed by atoms with Crippen molar-refractivity contribution in [1.82, 2.24) is 25.0 Å². The predicted octanol–water partition coefficient (Wildman–Crippen LogP) is 7.04. The second-order valence-corrected chi connectivity index (χ2v) is 11.9. The summed E-state index contributed by atoms with van der Waals surface area (Å²) in [6.07, 6.45) is 1.43. The molecule has 1 aliphatic carbocycles. The van der Waals surface area contributed by atoms with Gasteiger partial charge in [0.15, 0.2) is 0 Å². The second-order valence-electron chi connectivity index (χ2n) is 11.5. The fourth-order valence-electron chi connectivity index (χ4n) is 4.66. The van der Waals surface area contributed by atoms with Crippen molar-refractivity contribution in [3.63, 3.8) is 0 Å². The lowest BCUT2D eigenvalue weighted by Crippen LogP contribution is -2.26. The number of rotatable bonds is 8. The molecule has 0 bridgehead atoms. The lowest BCUT2D eigenvalue weighted by atomic mass is 9.96. The molecule has 3 aromatic heterocycles. The molecule has 1 atom stereocenters. The van der Waals surface area contributed by atoms with E-state index < -0.39 is 24.0 Å². The first-order chi connectivity index (χ1) is 18.4. The molecule has 3 heterocycles. The molecular weight excluding hydrogens is 527 g/mol. The Labute approximate surface area is 230 Å². The molecule has 1 aromatic carbocycles. The van der Waals surface area contributed by atoms with Crippen molar-refractivity contribution in [2.24, 2.45) is 5.41 Å². The van der Waals surface area contributed by atoms with E-state index in [0.29, 0.717) is 46.0 Å². The van der Waals surface area contributed by atoms with Crippen LogP contribution < -0.4 is 10.6 Å². The number of aromatic nitrogens is 5. The highest BCUT2D eigenvalue weighted by atomic mass is 35.5. The maximum atomic E-state index is 13.9. The highest BCUT2D eigenvalue weighted by Gasteiger charge is 2.54. The van der Waals surface area contributed by atoms with Crippen LogP contribution in [0.1, 0.15) is 62.2 Å². The van der Waals surface area contributed by atoms with E-state index in [1.54, 1.807) is 25.3 Å². The molecule has 1 fully saturated rings. The normalized spacial score (nSPS) is 15.5. The van der Waals surface area contributed by atoms with E-state index in [-0.39, 0.29) is 5.41 Å². The number of anilines is 2. The van der Waals surface area contributed by atoms with E-state index in [1.165, 1.54) is 16.9 Å². The van der Waals surface area contributed by atoms with Gasteiger partial charge >= 0.3 is 0 Å². The maximum Gasteiger partial charge on any atom is 0.263 e. The molecule has 0 aliphatic heterocycles. The smallest absolute Gasteiger partial charge is 0.263 e. The molecule has 5 rings (SSSR count). The molecule has 206 valence electrons. The first-order valence-electron chi connectivity index (χ1n) is 12.8. The van der Waals surface area contributed by atoms with Gasteiger partial charge in [0.05, 0.1) is 22.8 Å². The predicted molar refractivity (Wildman–Crippen MR) is 147 cm³/mol. The van der Waals surface area contributed by atoms with Crippen LogP contribution in [0.5, 0.6) is 0 Å². The Kier molecular flexibility index (Phi) is 6.95. The molecule has 0 unspecified atom stereocenters. The Morgan fingerprint density at radius 2 is 1.90 bits per heavy atom. The van der Waals surface area contributed by atoms with Crippen LogP contribution in [0.3, 0.4) is 0 Å². The highest BCUT2D eigenvalue weighted by Crippen LogP contribution is 2.48. The van der Waals surface area contributed by atoms with Crippen molar-refractivity contribution >= 4 is 33.9 Å². The SMILES string of the molecule is Cc1cnc2c(Cl)cc(N[C@H](c3cn(C4(C(F)F)CC4)nn3)c3ccc(F)nc3C)cc2c1NCC(C)(C)C. The van der Waals surface area contributed by atoms with Crippen molar-refractivity contribution < 1.29 is 13.2 Å². The average Bonchev–Trinajstić information content (AvgIpc) is 3.52. The Morgan fingerprint density at radius 3 is 2.54 bits per heavy atom. The lowest BCUT2D eigenvalue weighted by molar-refractivity contribution is 0.0593. The molecule has 2 N–H and O–H groups in total. The average molecular weight is 558 g/mol. The van der Waals surface area contributed by atoms with Crippen molar-refractivity contribution in [1.29, 1.82) is 0 Å². The van der Waals surface area contributed by atoms with Gasteiger partial charge in [-0.05, 0) is 55.9 Å². The number of benzene rings is 1. The second kappa shape index (κ2) is 9.97. The minimum atomic E-state index is -2.55. The van der Waals surface area contributed by atoms with E-state index >= 15 is 0 Å². The quantitative estimate of drug-likeness (QED) is 0.226. The van der Waals surface area contributed by atoms with Crippen LogP contribution in [-0.2, 0) is 5.54 Å². The standard InChI is InChI=1S/C28H31ClF3N7/c1-15-12-33-24-19(23(15)34-14-27(3,4)5)10-17(11-20(24)29)36-25(18-6-7-22(30)35-16(18)2)21-13-39(38-37-21)28(8-9-28)26(31)32/h6-7,10-13,25-26,36H,8-9,14H2,1-5H3,(H,33,34)/t25-/m0/s1. The van der Waals surface area contributed by atoms with E-state index in [1.807, 2.05) is 13.0 Å². The fourth-order valence-corrected chi connectivity index (χ4v) is 4.92.